The van der Waals surface area contributed by atoms with E-state index < -0.39 is 29.7 Å². The van der Waals surface area contributed by atoms with Crippen molar-refractivity contribution in [1.82, 2.24) is 0 Å². The van der Waals surface area contributed by atoms with Crippen LogP contribution in [0.4, 0.5) is 17.6 Å². The normalized spacial score (nSPS) is 16.2. The van der Waals surface area contributed by atoms with Gasteiger partial charge in [-0.25, -0.2) is 4.39 Å². The van der Waals surface area contributed by atoms with Gasteiger partial charge in [-0.3, -0.25) is 0 Å². The number of aliphatic hydroxyl groups excluding tert-OH is 1. The minimum Gasteiger partial charge on any atom is -0.391 e. The molecular weight excluding hydrogens is 298 g/mol. The van der Waals surface area contributed by atoms with Gasteiger partial charge in [-0.1, -0.05) is 20.3 Å². The number of benzene rings is 1. The lowest BCUT2D eigenvalue weighted by Crippen LogP contribution is -2.31. The lowest BCUT2D eigenvalue weighted by Gasteiger charge is -2.24. The summed E-state index contributed by atoms with van der Waals surface area (Å²) >= 11 is 0. The molecule has 3 N–H and O–H groups in total. The maximum absolute atomic E-state index is 13.2. The molecule has 116 valence electrons. The summed E-state index contributed by atoms with van der Waals surface area (Å²) in [5.74, 6) is -1.20. The number of nitrogens with two attached hydrogens (primary N) is 1. The van der Waals surface area contributed by atoms with Crippen molar-refractivity contribution in [3.63, 3.8) is 0 Å². The second-order valence-electron chi connectivity index (χ2n) is 4.67. The Labute approximate surface area is 121 Å². The van der Waals surface area contributed by atoms with Crippen LogP contribution < -0.4 is 5.73 Å². The molecule has 1 aromatic rings. The highest BCUT2D eigenvalue weighted by Crippen LogP contribution is 2.32. The van der Waals surface area contributed by atoms with Gasteiger partial charge in [0.15, 0.2) is 0 Å². The Bertz CT molecular complexity index is 439. The summed E-state index contributed by atoms with van der Waals surface area (Å²) in [5, 5.41) is 9.90. The minimum absolute atomic E-state index is 0. The van der Waals surface area contributed by atoms with Gasteiger partial charge >= 0.3 is 6.18 Å². The Morgan fingerprint density at radius 2 is 1.80 bits per heavy atom. The second-order valence-corrected chi connectivity index (χ2v) is 4.67. The number of rotatable bonds is 4. The number of alkyl halides is 3. The second kappa shape index (κ2) is 7.24. The van der Waals surface area contributed by atoms with E-state index in [1.807, 2.05) is 6.92 Å². The fourth-order valence-electron chi connectivity index (χ4n) is 1.76. The predicted octanol–water partition coefficient (Wildman–Crippen LogP) is 3.67. The Balaban J connectivity index is 0.00000361. The molecule has 0 bridgehead atoms. The quantitative estimate of drug-likeness (QED) is 0.833. The number of halogens is 5. The standard InChI is InChI=1S/C13H17F4NO.ClH/c1-3-7(2)12(19)11(18)8-4-9(13(15,16)17)6-10(14)5-8;/h4-7,11-12,19H,3,18H2,1-2H3;1H/t7?,11-,12+;/m1./s1. The first-order valence-electron chi connectivity index (χ1n) is 5.98. The van der Waals surface area contributed by atoms with Gasteiger partial charge in [0.1, 0.15) is 5.82 Å². The van der Waals surface area contributed by atoms with Crippen LogP contribution >= 0.6 is 12.4 Å². The number of hydrogen-bond donors (Lipinski definition) is 2. The van der Waals surface area contributed by atoms with E-state index in [4.69, 9.17) is 5.73 Å². The van der Waals surface area contributed by atoms with E-state index >= 15 is 0 Å². The van der Waals surface area contributed by atoms with Crippen LogP contribution in [-0.2, 0) is 6.18 Å². The van der Waals surface area contributed by atoms with Crippen molar-refractivity contribution in [3.8, 4) is 0 Å². The molecule has 1 aromatic carbocycles. The van der Waals surface area contributed by atoms with Gasteiger partial charge in [0.05, 0.1) is 17.7 Å². The van der Waals surface area contributed by atoms with Crippen LogP contribution in [0, 0.1) is 11.7 Å². The Morgan fingerprint density at radius 1 is 1.25 bits per heavy atom. The minimum atomic E-state index is -4.64. The summed E-state index contributed by atoms with van der Waals surface area (Å²) in [4.78, 5) is 0. The van der Waals surface area contributed by atoms with Crippen LogP contribution in [0.1, 0.15) is 37.4 Å². The molecule has 0 heterocycles. The molecule has 7 heteroatoms. The zero-order chi connectivity index (χ0) is 14.8. The molecule has 0 fully saturated rings. The molecule has 0 aliphatic carbocycles. The van der Waals surface area contributed by atoms with E-state index in [9.17, 15) is 22.7 Å². The van der Waals surface area contributed by atoms with Crippen LogP contribution in [0.15, 0.2) is 18.2 Å². The summed E-state index contributed by atoms with van der Waals surface area (Å²) in [6.07, 6.45) is -5.04. The van der Waals surface area contributed by atoms with Crippen molar-refractivity contribution in [2.45, 2.75) is 38.6 Å². The molecule has 3 atom stereocenters. The smallest absolute Gasteiger partial charge is 0.391 e. The molecule has 0 saturated carbocycles. The predicted molar refractivity (Wildman–Crippen MR) is 71.0 cm³/mol. The van der Waals surface area contributed by atoms with E-state index in [0.29, 0.717) is 12.5 Å². The van der Waals surface area contributed by atoms with Gasteiger partial charge in [-0.15, -0.1) is 12.4 Å². The van der Waals surface area contributed by atoms with Crippen molar-refractivity contribution < 1.29 is 22.7 Å². The zero-order valence-electron chi connectivity index (χ0n) is 11.1. The van der Waals surface area contributed by atoms with Crippen LogP contribution in [-0.4, -0.2) is 11.2 Å². The summed E-state index contributed by atoms with van der Waals surface area (Å²) in [6, 6.07) is 1.06. The number of aliphatic hydroxyl groups is 1. The van der Waals surface area contributed by atoms with E-state index in [2.05, 4.69) is 0 Å². The topological polar surface area (TPSA) is 46.2 Å². The summed E-state index contributed by atoms with van der Waals surface area (Å²) in [7, 11) is 0. The van der Waals surface area contributed by atoms with Gasteiger partial charge in [0.2, 0.25) is 0 Å². The zero-order valence-corrected chi connectivity index (χ0v) is 11.9. The molecule has 0 aliphatic rings. The average Bonchev–Trinajstić information content (AvgIpc) is 2.34. The third-order valence-corrected chi connectivity index (χ3v) is 3.23. The molecule has 0 saturated heterocycles. The van der Waals surface area contributed by atoms with Gasteiger partial charge in [-0.2, -0.15) is 13.2 Å². The first kappa shape index (κ1) is 19.1. The Hall–Kier alpha value is -0.850. The first-order valence-corrected chi connectivity index (χ1v) is 5.98. The molecular formula is C13H18ClF4NO. The van der Waals surface area contributed by atoms with Crippen molar-refractivity contribution in [2.24, 2.45) is 11.7 Å². The fraction of sp³-hybridized carbons (Fsp3) is 0.538. The largest absolute Gasteiger partial charge is 0.416 e. The average molecular weight is 316 g/mol. The first-order chi connectivity index (χ1) is 8.66. The van der Waals surface area contributed by atoms with Crippen LogP contribution in [0.25, 0.3) is 0 Å². The van der Waals surface area contributed by atoms with E-state index in [1.54, 1.807) is 6.92 Å². The van der Waals surface area contributed by atoms with Crippen molar-refractivity contribution in [3.05, 3.63) is 35.1 Å². The van der Waals surface area contributed by atoms with E-state index in [1.165, 1.54) is 0 Å². The molecule has 1 rings (SSSR count). The third-order valence-electron chi connectivity index (χ3n) is 3.23. The van der Waals surface area contributed by atoms with Gasteiger partial charge in [0, 0.05) is 0 Å². The van der Waals surface area contributed by atoms with Crippen LogP contribution in [0.5, 0.6) is 0 Å². The molecule has 1 unspecified atom stereocenters. The van der Waals surface area contributed by atoms with Crippen LogP contribution in [0.3, 0.4) is 0 Å². The van der Waals surface area contributed by atoms with Crippen molar-refractivity contribution in [2.75, 3.05) is 0 Å². The number of hydrogen-bond acceptors (Lipinski definition) is 2. The van der Waals surface area contributed by atoms with Crippen LogP contribution in [0.2, 0.25) is 0 Å². The highest BCUT2D eigenvalue weighted by molar-refractivity contribution is 5.85. The van der Waals surface area contributed by atoms with E-state index in [0.717, 1.165) is 12.1 Å². The SMILES string of the molecule is CCC(C)[C@H](O)[C@H](N)c1cc(F)cc(C(F)(F)F)c1.Cl. The highest BCUT2D eigenvalue weighted by atomic mass is 35.5. The van der Waals surface area contributed by atoms with Gasteiger partial charge < -0.3 is 10.8 Å². The maximum Gasteiger partial charge on any atom is 0.416 e. The Morgan fingerprint density at radius 3 is 2.25 bits per heavy atom. The molecule has 0 aromatic heterocycles. The molecule has 0 spiro atoms. The molecule has 20 heavy (non-hydrogen) atoms. The van der Waals surface area contributed by atoms with Crippen molar-refractivity contribution in [1.29, 1.82) is 0 Å². The summed E-state index contributed by atoms with van der Waals surface area (Å²) in [6.45, 7) is 3.56. The van der Waals surface area contributed by atoms with Crippen molar-refractivity contribution >= 4 is 12.4 Å². The maximum atomic E-state index is 13.2. The van der Waals surface area contributed by atoms with Gasteiger partial charge in [0.25, 0.3) is 0 Å². The molecule has 0 aliphatic heterocycles. The van der Waals surface area contributed by atoms with Gasteiger partial charge in [-0.05, 0) is 29.7 Å². The molecule has 0 radical (unpaired) electrons. The monoisotopic (exact) mass is 315 g/mol. The fourth-order valence-corrected chi connectivity index (χ4v) is 1.76. The molecule has 2 nitrogen and oxygen atoms in total. The third kappa shape index (κ3) is 4.61. The summed E-state index contributed by atoms with van der Waals surface area (Å²) in [5.41, 5.74) is 4.55. The summed E-state index contributed by atoms with van der Waals surface area (Å²) < 4.78 is 50.9. The highest BCUT2D eigenvalue weighted by Gasteiger charge is 2.32. The lowest BCUT2D eigenvalue weighted by atomic mass is 9.91. The Kier molecular flexibility index (Phi) is 6.93. The molecule has 0 amide bonds. The van der Waals surface area contributed by atoms with E-state index in [-0.39, 0.29) is 23.9 Å². The lowest BCUT2D eigenvalue weighted by molar-refractivity contribution is -0.137.